The smallest absolute Gasteiger partial charge is 0.257 e. The number of piperidine rings is 1. The Hall–Kier alpha value is -3.29. The van der Waals surface area contributed by atoms with E-state index < -0.39 is 0 Å². The van der Waals surface area contributed by atoms with Crippen LogP contribution in [-0.4, -0.2) is 55.3 Å². The fraction of sp³-hybridized carbons (Fsp3) is 0.278. The zero-order chi connectivity index (χ0) is 17.8. The Morgan fingerprint density at radius 3 is 2.69 bits per heavy atom. The number of hydrogen-bond donors (Lipinski definition) is 2. The average Bonchev–Trinajstić information content (AvgIpc) is 3.19. The van der Waals surface area contributed by atoms with Gasteiger partial charge in [0, 0.05) is 43.3 Å². The van der Waals surface area contributed by atoms with E-state index in [0.717, 1.165) is 29.9 Å². The lowest BCUT2D eigenvalue weighted by Crippen LogP contribution is -2.42. The lowest BCUT2D eigenvalue weighted by Gasteiger charge is -2.32. The van der Waals surface area contributed by atoms with Crippen molar-refractivity contribution in [2.45, 2.75) is 18.9 Å². The van der Waals surface area contributed by atoms with Crippen molar-refractivity contribution in [1.29, 1.82) is 0 Å². The van der Waals surface area contributed by atoms with E-state index in [2.05, 4.69) is 30.7 Å². The Labute approximate surface area is 150 Å². The van der Waals surface area contributed by atoms with E-state index in [-0.39, 0.29) is 5.91 Å². The molecule has 0 unspecified atom stereocenters. The first kappa shape index (κ1) is 16.2. The number of nitrogens with one attached hydrogen (secondary N) is 2. The van der Waals surface area contributed by atoms with E-state index in [1.54, 1.807) is 24.8 Å². The van der Waals surface area contributed by atoms with Gasteiger partial charge in [0.1, 0.15) is 5.82 Å². The minimum absolute atomic E-state index is 0.00325. The molecule has 4 heterocycles. The number of hydrogen-bond acceptors (Lipinski definition) is 6. The largest absolute Gasteiger partial charge is 0.366 e. The molecule has 8 nitrogen and oxygen atoms in total. The third kappa shape index (κ3) is 3.39. The van der Waals surface area contributed by atoms with Gasteiger partial charge in [-0.1, -0.05) is 0 Å². The van der Waals surface area contributed by atoms with Gasteiger partial charge in [0.05, 0.1) is 17.5 Å². The van der Waals surface area contributed by atoms with E-state index >= 15 is 0 Å². The van der Waals surface area contributed by atoms with Gasteiger partial charge >= 0.3 is 0 Å². The number of aromatic amines is 1. The third-order valence-corrected chi connectivity index (χ3v) is 4.55. The summed E-state index contributed by atoms with van der Waals surface area (Å²) in [7, 11) is 0. The van der Waals surface area contributed by atoms with Crippen molar-refractivity contribution >= 4 is 11.7 Å². The molecule has 3 aromatic rings. The second-order valence-corrected chi connectivity index (χ2v) is 6.21. The summed E-state index contributed by atoms with van der Waals surface area (Å²) >= 11 is 0. The van der Waals surface area contributed by atoms with Crippen LogP contribution in [0.15, 0.2) is 49.1 Å². The Morgan fingerprint density at radius 1 is 1.15 bits per heavy atom. The summed E-state index contributed by atoms with van der Waals surface area (Å²) in [6.45, 7) is 1.38. The first-order valence-corrected chi connectivity index (χ1v) is 8.58. The zero-order valence-corrected chi connectivity index (χ0v) is 14.2. The first-order valence-electron chi connectivity index (χ1n) is 8.58. The molecule has 26 heavy (non-hydrogen) atoms. The van der Waals surface area contributed by atoms with Gasteiger partial charge in [-0.2, -0.15) is 10.2 Å². The molecule has 0 aromatic carbocycles. The molecule has 0 bridgehead atoms. The molecule has 1 saturated heterocycles. The molecule has 1 aliphatic rings. The van der Waals surface area contributed by atoms with Crippen molar-refractivity contribution in [2.24, 2.45) is 0 Å². The molecule has 0 spiro atoms. The summed E-state index contributed by atoms with van der Waals surface area (Å²) in [5, 5.41) is 18.3. The number of carbonyl (C=O) groups excluding carboxylic acids is 1. The Morgan fingerprint density at radius 2 is 1.96 bits per heavy atom. The van der Waals surface area contributed by atoms with Gasteiger partial charge in [-0.3, -0.25) is 14.9 Å². The third-order valence-electron chi connectivity index (χ3n) is 4.55. The standard InChI is InChI=1S/C18H19N7O/c26-18(15-12-21-24-17(15)13-3-8-19-9-4-13)25-10-5-14(6-11-25)22-16-2-1-7-20-23-16/h1-4,7-9,12,14H,5-6,10-11H2,(H,21,24)(H,22,23). The van der Waals surface area contributed by atoms with Crippen LogP contribution < -0.4 is 5.32 Å². The number of nitrogens with zero attached hydrogens (tertiary/aromatic N) is 5. The van der Waals surface area contributed by atoms with Gasteiger partial charge in [0.25, 0.3) is 5.91 Å². The van der Waals surface area contributed by atoms with Gasteiger partial charge in [0.15, 0.2) is 0 Å². The molecular formula is C18H19N7O. The Kier molecular flexibility index (Phi) is 4.55. The second kappa shape index (κ2) is 7.30. The van der Waals surface area contributed by atoms with Crippen LogP contribution in [0.1, 0.15) is 23.2 Å². The Bertz CT molecular complexity index is 858. The quantitative estimate of drug-likeness (QED) is 0.747. The van der Waals surface area contributed by atoms with Crippen molar-refractivity contribution in [3.05, 3.63) is 54.6 Å². The molecule has 8 heteroatoms. The predicted molar refractivity (Wildman–Crippen MR) is 96.4 cm³/mol. The maximum atomic E-state index is 12.9. The van der Waals surface area contributed by atoms with Crippen molar-refractivity contribution in [2.75, 3.05) is 18.4 Å². The molecule has 2 N–H and O–H groups in total. The van der Waals surface area contributed by atoms with E-state index in [1.165, 1.54) is 0 Å². The van der Waals surface area contributed by atoms with Crippen molar-refractivity contribution in [3.63, 3.8) is 0 Å². The summed E-state index contributed by atoms with van der Waals surface area (Å²) in [5.74, 6) is 0.774. The number of likely N-dealkylation sites (tertiary alicyclic amines) is 1. The highest BCUT2D eigenvalue weighted by atomic mass is 16.2. The molecule has 0 saturated carbocycles. The molecule has 0 aliphatic carbocycles. The number of anilines is 1. The van der Waals surface area contributed by atoms with Gasteiger partial charge in [0.2, 0.25) is 0 Å². The Balaban J connectivity index is 1.41. The monoisotopic (exact) mass is 349 g/mol. The van der Waals surface area contributed by atoms with E-state index in [0.29, 0.717) is 24.7 Å². The second-order valence-electron chi connectivity index (χ2n) is 6.21. The highest BCUT2D eigenvalue weighted by Gasteiger charge is 2.26. The van der Waals surface area contributed by atoms with Gasteiger partial charge in [-0.05, 0) is 37.1 Å². The molecule has 0 radical (unpaired) electrons. The van der Waals surface area contributed by atoms with Crippen LogP contribution in [0.5, 0.6) is 0 Å². The summed E-state index contributed by atoms with van der Waals surface area (Å²) in [5.41, 5.74) is 2.23. The lowest BCUT2D eigenvalue weighted by atomic mass is 10.0. The number of rotatable bonds is 4. The van der Waals surface area contributed by atoms with E-state index in [1.807, 2.05) is 29.2 Å². The fourth-order valence-electron chi connectivity index (χ4n) is 3.17. The van der Waals surface area contributed by atoms with Crippen LogP contribution in [-0.2, 0) is 0 Å². The van der Waals surface area contributed by atoms with Crippen molar-refractivity contribution in [3.8, 4) is 11.3 Å². The van der Waals surface area contributed by atoms with Crippen LogP contribution >= 0.6 is 0 Å². The SMILES string of the molecule is O=C(c1cn[nH]c1-c1ccncc1)N1CCC(Nc2cccnn2)CC1. The van der Waals surface area contributed by atoms with Crippen LogP contribution in [0, 0.1) is 0 Å². The summed E-state index contributed by atoms with van der Waals surface area (Å²) in [6.07, 6.45) is 8.39. The fourth-order valence-corrected chi connectivity index (χ4v) is 3.17. The summed E-state index contributed by atoms with van der Waals surface area (Å²) < 4.78 is 0. The zero-order valence-electron chi connectivity index (χ0n) is 14.2. The molecule has 4 rings (SSSR count). The van der Waals surface area contributed by atoms with Crippen molar-refractivity contribution < 1.29 is 4.79 Å². The van der Waals surface area contributed by atoms with Crippen LogP contribution in [0.25, 0.3) is 11.3 Å². The summed E-state index contributed by atoms with van der Waals surface area (Å²) in [4.78, 5) is 18.8. The summed E-state index contributed by atoms with van der Waals surface area (Å²) in [6, 6.07) is 7.77. The topological polar surface area (TPSA) is 99.7 Å². The normalized spacial score (nSPS) is 15.0. The molecule has 1 aliphatic heterocycles. The highest BCUT2D eigenvalue weighted by Crippen LogP contribution is 2.23. The number of aromatic nitrogens is 5. The van der Waals surface area contributed by atoms with Crippen molar-refractivity contribution in [1.82, 2.24) is 30.3 Å². The molecule has 132 valence electrons. The predicted octanol–water partition coefficient (Wildman–Crippen LogP) is 1.98. The van der Waals surface area contributed by atoms with Gasteiger partial charge in [-0.15, -0.1) is 5.10 Å². The van der Waals surface area contributed by atoms with Gasteiger partial charge in [-0.25, -0.2) is 0 Å². The first-order chi connectivity index (χ1) is 12.8. The number of carbonyl (C=O) groups is 1. The molecule has 0 atom stereocenters. The molecular weight excluding hydrogens is 330 g/mol. The lowest BCUT2D eigenvalue weighted by molar-refractivity contribution is 0.0719. The van der Waals surface area contributed by atoms with E-state index in [4.69, 9.17) is 0 Å². The molecule has 3 aromatic heterocycles. The number of amides is 1. The highest BCUT2D eigenvalue weighted by molar-refractivity contribution is 5.99. The van der Waals surface area contributed by atoms with Crippen LogP contribution in [0.2, 0.25) is 0 Å². The minimum Gasteiger partial charge on any atom is -0.366 e. The van der Waals surface area contributed by atoms with Crippen LogP contribution in [0.4, 0.5) is 5.82 Å². The molecule has 1 amide bonds. The minimum atomic E-state index is 0.00325. The van der Waals surface area contributed by atoms with Crippen LogP contribution in [0.3, 0.4) is 0 Å². The average molecular weight is 349 g/mol. The maximum absolute atomic E-state index is 12.9. The maximum Gasteiger partial charge on any atom is 0.257 e. The molecule has 1 fully saturated rings. The number of H-pyrrole nitrogens is 1. The van der Waals surface area contributed by atoms with Gasteiger partial charge < -0.3 is 10.2 Å². The number of pyridine rings is 1. The van der Waals surface area contributed by atoms with E-state index in [9.17, 15) is 4.79 Å².